The van der Waals surface area contributed by atoms with Crippen molar-refractivity contribution in [1.29, 1.82) is 5.26 Å². The lowest BCUT2D eigenvalue weighted by molar-refractivity contribution is 0.0951. The van der Waals surface area contributed by atoms with E-state index >= 15 is 0 Å². The fourth-order valence-corrected chi connectivity index (χ4v) is 5.67. The molecule has 0 radical (unpaired) electrons. The molecule has 0 saturated heterocycles. The van der Waals surface area contributed by atoms with Crippen LogP contribution in [0.1, 0.15) is 55.9 Å². The van der Waals surface area contributed by atoms with Gasteiger partial charge in [-0.15, -0.1) is 11.3 Å². The highest BCUT2D eigenvalue weighted by Crippen LogP contribution is 2.40. The summed E-state index contributed by atoms with van der Waals surface area (Å²) in [6.45, 7) is 0.827. The number of amides is 1. The topological polar surface area (TPSA) is 74.5 Å². The van der Waals surface area contributed by atoms with Crippen LogP contribution in [0.4, 0.5) is 5.00 Å². The van der Waals surface area contributed by atoms with Crippen molar-refractivity contribution in [2.24, 2.45) is 4.99 Å². The molecule has 0 fully saturated rings. The Kier molecular flexibility index (Phi) is 7.73. The highest BCUT2D eigenvalue weighted by Gasteiger charge is 2.25. The van der Waals surface area contributed by atoms with Crippen LogP contribution in [-0.4, -0.2) is 12.1 Å². The standard InChI is InChI=1S/C31H27N3O2S/c32-18-24-10-4-5-11-25(24)21-36-26-16-14-23(15-17-26)20-34-31-29(27-12-6-7-13-28(27)37-31)30(35)33-19-22-8-2-1-3-9-22/h1-5,8-11,14-17,20H,6-7,12-13,19,21H2,(H,33,35). The molecule has 0 atom stereocenters. The minimum Gasteiger partial charge on any atom is -0.489 e. The van der Waals surface area contributed by atoms with E-state index in [1.165, 1.54) is 4.88 Å². The predicted octanol–water partition coefficient (Wildman–Crippen LogP) is 6.76. The maximum atomic E-state index is 13.2. The molecule has 1 aliphatic carbocycles. The molecule has 5 nitrogen and oxygen atoms in total. The van der Waals surface area contributed by atoms with Crippen molar-refractivity contribution in [2.45, 2.75) is 38.8 Å². The summed E-state index contributed by atoms with van der Waals surface area (Å²) in [5, 5.41) is 13.1. The second-order valence-corrected chi connectivity index (χ2v) is 10.0. The van der Waals surface area contributed by atoms with Crippen molar-refractivity contribution in [3.05, 3.63) is 117 Å². The number of hydrogen-bond donors (Lipinski definition) is 1. The third-order valence-corrected chi connectivity index (χ3v) is 7.62. The average molecular weight is 506 g/mol. The van der Waals surface area contributed by atoms with Crippen LogP contribution in [-0.2, 0) is 26.0 Å². The third kappa shape index (κ3) is 5.96. The summed E-state index contributed by atoms with van der Waals surface area (Å²) in [7, 11) is 0. The Morgan fingerprint density at radius 1 is 1.00 bits per heavy atom. The first-order chi connectivity index (χ1) is 18.2. The van der Waals surface area contributed by atoms with Crippen LogP contribution in [0.25, 0.3) is 0 Å². The average Bonchev–Trinajstić information content (AvgIpc) is 3.33. The van der Waals surface area contributed by atoms with Crippen LogP contribution in [0.3, 0.4) is 0 Å². The number of nitriles is 1. The number of fused-ring (bicyclic) bond motifs is 1. The van der Waals surface area contributed by atoms with Crippen molar-refractivity contribution >= 4 is 28.5 Å². The maximum Gasteiger partial charge on any atom is 0.254 e. The smallest absolute Gasteiger partial charge is 0.254 e. The molecule has 0 bridgehead atoms. The SMILES string of the molecule is N#Cc1ccccc1COc1ccc(C=Nc2sc3c(c2C(=O)NCc2ccccc2)CCCC3)cc1. The molecule has 0 unspecified atom stereocenters. The zero-order valence-electron chi connectivity index (χ0n) is 20.4. The predicted molar refractivity (Wildman–Crippen MR) is 148 cm³/mol. The van der Waals surface area contributed by atoms with Gasteiger partial charge < -0.3 is 10.1 Å². The molecular formula is C31H27N3O2S. The summed E-state index contributed by atoms with van der Waals surface area (Å²) in [5.41, 5.74) is 5.36. The Balaban J connectivity index is 1.29. The fourth-order valence-electron chi connectivity index (χ4n) is 4.44. The van der Waals surface area contributed by atoms with Gasteiger partial charge >= 0.3 is 0 Å². The molecule has 0 aliphatic heterocycles. The second kappa shape index (κ2) is 11.7. The number of carbonyl (C=O) groups is 1. The number of carbonyl (C=O) groups excluding carboxylic acids is 1. The van der Waals surface area contributed by atoms with Gasteiger partial charge in [-0.3, -0.25) is 4.79 Å². The molecule has 4 aromatic rings. The molecule has 6 heteroatoms. The molecule has 3 aromatic carbocycles. The van der Waals surface area contributed by atoms with Gasteiger partial charge in [-0.1, -0.05) is 48.5 Å². The lowest BCUT2D eigenvalue weighted by atomic mass is 9.95. The molecule has 0 spiro atoms. The van der Waals surface area contributed by atoms with Gasteiger partial charge in [0.25, 0.3) is 5.91 Å². The molecule has 1 aliphatic rings. The monoisotopic (exact) mass is 505 g/mol. The van der Waals surface area contributed by atoms with E-state index in [2.05, 4.69) is 11.4 Å². The van der Waals surface area contributed by atoms with Crippen LogP contribution in [0, 0.1) is 11.3 Å². The Morgan fingerprint density at radius 2 is 1.76 bits per heavy atom. The number of thiophene rings is 1. The van der Waals surface area contributed by atoms with Crippen LogP contribution in [0.5, 0.6) is 5.75 Å². The van der Waals surface area contributed by atoms with Crippen LogP contribution in [0.2, 0.25) is 0 Å². The molecular weight excluding hydrogens is 478 g/mol. The minimum atomic E-state index is -0.0585. The highest BCUT2D eigenvalue weighted by molar-refractivity contribution is 7.16. The van der Waals surface area contributed by atoms with E-state index in [1.54, 1.807) is 23.6 Å². The fraction of sp³-hybridized carbons (Fsp3) is 0.194. The summed E-state index contributed by atoms with van der Waals surface area (Å²) in [5.74, 6) is 0.661. The largest absolute Gasteiger partial charge is 0.489 e. The zero-order valence-corrected chi connectivity index (χ0v) is 21.3. The van der Waals surface area contributed by atoms with Gasteiger partial charge in [0.1, 0.15) is 17.4 Å². The van der Waals surface area contributed by atoms with Gasteiger partial charge in [-0.25, -0.2) is 4.99 Å². The lowest BCUT2D eigenvalue weighted by Gasteiger charge is -2.12. The van der Waals surface area contributed by atoms with E-state index in [9.17, 15) is 10.1 Å². The first-order valence-corrected chi connectivity index (χ1v) is 13.2. The lowest BCUT2D eigenvalue weighted by Crippen LogP contribution is -2.24. The van der Waals surface area contributed by atoms with Crippen molar-refractivity contribution in [2.75, 3.05) is 0 Å². The normalized spacial score (nSPS) is 12.6. The van der Waals surface area contributed by atoms with Gasteiger partial charge in [-0.05, 0) is 72.7 Å². The number of hydrogen-bond acceptors (Lipinski definition) is 5. The summed E-state index contributed by atoms with van der Waals surface area (Å²) in [4.78, 5) is 19.3. The third-order valence-electron chi connectivity index (χ3n) is 6.42. The number of aliphatic imine (C=N–C) groups is 1. The van der Waals surface area contributed by atoms with E-state index < -0.39 is 0 Å². The van der Waals surface area contributed by atoms with E-state index in [1.807, 2.05) is 72.8 Å². The van der Waals surface area contributed by atoms with Crippen LogP contribution >= 0.6 is 11.3 Å². The Bertz CT molecular complexity index is 1450. The number of rotatable bonds is 8. The first kappa shape index (κ1) is 24.5. The van der Waals surface area contributed by atoms with E-state index in [0.29, 0.717) is 18.7 Å². The second-order valence-electron chi connectivity index (χ2n) is 8.94. The maximum absolute atomic E-state index is 13.2. The summed E-state index contributed by atoms with van der Waals surface area (Å²) < 4.78 is 5.87. The quantitative estimate of drug-likeness (QED) is 0.269. The number of benzene rings is 3. The van der Waals surface area contributed by atoms with Crippen molar-refractivity contribution < 1.29 is 9.53 Å². The van der Waals surface area contributed by atoms with Crippen LogP contribution in [0.15, 0.2) is 83.9 Å². The van der Waals surface area contributed by atoms with Gasteiger partial charge in [0.2, 0.25) is 0 Å². The molecule has 37 heavy (non-hydrogen) atoms. The number of ether oxygens (including phenoxy) is 1. The molecule has 1 amide bonds. The Morgan fingerprint density at radius 3 is 2.57 bits per heavy atom. The molecule has 1 N–H and O–H groups in total. The Labute approximate surface area is 221 Å². The first-order valence-electron chi connectivity index (χ1n) is 12.4. The number of nitrogens with zero attached hydrogens (tertiary/aromatic N) is 2. The van der Waals surface area contributed by atoms with Crippen molar-refractivity contribution in [3.8, 4) is 11.8 Å². The van der Waals surface area contributed by atoms with E-state index in [0.717, 1.165) is 64.3 Å². The summed E-state index contributed by atoms with van der Waals surface area (Å²) in [6, 6.07) is 27.2. The van der Waals surface area contributed by atoms with E-state index in [-0.39, 0.29) is 5.91 Å². The number of nitrogens with one attached hydrogen (secondary N) is 1. The van der Waals surface area contributed by atoms with Gasteiger partial charge in [-0.2, -0.15) is 5.26 Å². The zero-order chi connectivity index (χ0) is 25.5. The number of aryl methyl sites for hydroxylation is 1. The van der Waals surface area contributed by atoms with E-state index in [4.69, 9.17) is 9.73 Å². The highest BCUT2D eigenvalue weighted by atomic mass is 32.1. The molecule has 184 valence electrons. The van der Waals surface area contributed by atoms with Crippen molar-refractivity contribution in [3.63, 3.8) is 0 Å². The van der Waals surface area contributed by atoms with Crippen molar-refractivity contribution in [1.82, 2.24) is 5.32 Å². The van der Waals surface area contributed by atoms with Gasteiger partial charge in [0.05, 0.1) is 17.2 Å². The van der Waals surface area contributed by atoms with Gasteiger partial charge in [0.15, 0.2) is 0 Å². The molecule has 5 rings (SSSR count). The molecule has 1 aromatic heterocycles. The summed E-state index contributed by atoms with van der Waals surface area (Å²) in [6.07, 6.45) is 6.00. The minimum absolute atomic E-state index is 0.0585. The van der Waals surface area contributed by atoms with Gasteiger partial charge in [0, 0.05) is 23.2 Å². The molecule has 1 heterocycles. The summed E-state index contributed by atoms with van der Waals surface area (Å²) >= 11 is 1.63. The molecule has 0 saturated carbocycles. The van der Waals surface area contributed by atoms with Crippen LogP contribution < -0.4 is 10.1 Å². The Hall–Kier alpha value is -4.21.